The number of thiophene rings is 1. The number of nitrogens with two attached hydrogens (primary N) is 1. The first-order valence-electron chi connectivity index (χ1n) is 5.36. The lowest BCUT2D eigenvalue weighted by molar-refractivity contribution is 0.101. The molecule has 82 valence electrons. The molecule has 0 spiro atoms. The smallest absolute Gasteiger partial charge is 0.163 e. The fraction of sp³-hybridized carbons (Fsp3) is 0.583. The van der Waals surface area contributed by atoms with Crippen LogP contribution in [0.25, 0.3) is 0 Å². The van der Waals surface area contributed by atoms with E-state index < -0.39 is 0 Å². The zero-order valence-corrected chi connectivity index (χ0v) is 10.3. The van der Waals surface area contributed by atoms with Crippen LogP contribution in [0.2, 0.25) is 0 Å². The Hall–Kier alpha value is -0.830. The van der Waals surface area contributed by atoms with E-state index in [4.69, 9.17) is 5.73 Å². The normalized spacial score (nSPS) is 18.6. The molecular weight excluding hydrogens is 206 g/mol. The second-order valence-corrected chi connectivity index (χ2v) is 6.07. The summed E-state index contributed by atoms with van der Waals surface area (Å²) in [5.74, 6) is 0.111. The molecule has 2 nitrogen and oxygen atoms in total. The summed E-state index contributed by atoms with van der Waals surface area (Å²) in [5, 5.41) is 0.711. The molecule has 1 aliphatic carbocycles. The number of carbonyl (C=O) groups is 1. The number of hydrogen-bond acceptors (Lipinski definition) is 3. The third-order valence-electron chi connectivity index (χ3n) is 3.24. The lowest BCUT2D eigenvalue weighted by Gasteiger charge is -2.30. The van der Waals surface area contributed by atoms with E-state index in [1.807, 2.05) is 0 Å². The molecule has 2 N–H and O–H groups in total. The zero-order valence-electron chi connectivity index (χ0n) is 9.52. The van der Waals surface area contributed by atoms with Gasteiger partial charge in [0.15, 0.2) is 5.78 Å². The maximum absolute atomic E-state index is 11.6. The zero-order chi connectivity index (χ0) is 11.2. The molecule has 0 saturated carbocycles. The van der Waals surface area contributed by atoms with Crippen molar-refractivity contribution in [2.45, 2.75) is 45.4 Å². The Morgan fingerprint density at radius 2 is 2.13 bits per heavy atom. The van der Waals surface area contributed by atoms with Crippen LogP contribution >= 0.6 is 11.3 Å². The molecule has 0 radical (unpaired) electrons. The second-order valence-electron chi connectivity index (χ2n) is 4.93. The first kappa shape index (κ1) is 10.7. The Morgan fingerprint density at radius 1 is 1.47 bits per heavy atom. The van der Waals surface area contributed by atoms with Crippen LogP contribution in [0.15, 0.2) is 0 Å². The second kappa shape index (κ2) is 3.34. The molecule has 1 aromatic heterocycles. The van der Waals surface area contributed by atoms with Crippen LogP contribution in [0, 0.1) is 0 Å². The first-order valence-corrected chi connectivity index (χ1v) is 6.17. The predicted molar refractivity (Wildman–Crippen MR) is 64.7 cm³/mol. The molecule has 0 aliphatic heterocycles. The van der Waals surface area contributed by atoms with Crippen LogP contribution < -0.4 is 5.73 Å². The van der Waals surface area contributed by atoms with Gasteiger partial charge in [0, 0.05) is 4.88 Å². The molecule has 0 bridgehead atoms. The summed E-state index contributed by atoms with van der Waals surface area (Å²) in [6, 6.07) is 0. The highest BCUT2D eigenvalue weighted by Gasteiger charge is 2.34. The van der Waals surface area contributed by atoms with Gasteiger partial charge < -0.3 is 5.73 Å². The van der Waals surface area contributed by atoms with Crippen molar-refractivity contribution in [1.82, 2.24) is 0 Å². The highest BCUT2D eigenvalue weighted by Crippen LogP contribution is 2.45. The molecule has 0 fully saturated rings. The van der Waals surface area contributed by atoms with Crippen LogP contribution in [0.3, 0.4) is 0 Å². The van der Waals surface area contributed by atoms with Crippen molar-refractivity contribution in [2.24, 2.45) is 0 Å². The fourth-order valence-corrected chi connectivity index (χ4v) is 3.89. The number of fused-ring (bicyclic) bond motifs is 1. The summed E-state index contributed by atoms with van der Waals surface area (Å²) in [4.78, 5) is 12.9. The minimum Gasteiger partial charge on any atom is -0.390 e. The average molecular weight is 223 g/mol. The number of anilines is 1. The fourth-order valence-electron chi connectivity index (χ4n) is 2.55. The van der Waals surface area contributed by atoms with Crippen LogP contribution in [-0.2, 0) is 11.8 Å². The van der Waals surface area contributed by atoms with E-state index >= 15 is 0 Å². The Labute approximate surface area is 94.5 Å². The minimum atomic E-state index is 0.111. The summed E-state index contributed by atoms with van der Waals surface area (Å²) in [7, 11) is 0. The van der Waals surface area contributed by atoms with E-state index in [1.165, 1.54) is 16.9 Å². The molecule has 0 atom stereocenters. The van der Waals surface area contributed by atoms with Gasteiger partial charge in [-0.1, -0.05) is 13.8 Å². The van der Waals surface area contributed by atoms with Crippen LogP contribution in [0.5, 0.6) is 0 Å². The van der Waals surface area contributed by atoms with E-state index in [1.54, 1.807) is 18.3 Å². The number of carbonyl (C=O) groups excluding carboxylic acids is 1. The largest absolute Gasteiger partial charge is 0.390 e. The molecule has 0 aromatic carbocycles. The summed E-state index contributed by atoms with van der Waals surface area (Å²) in [6.07, 6.45) is 3.44. The van der Waals surface area contributed by atoms with Crippen molar-refractivity contribution in [3.8, 4) is 0 Å². The van der Waals surface area contributed by atoms with Gasteiger partial charge in [-0.25, -0.2) is 0 Å². The van der Waals surface area contributed by atoms with Gasteiger partial charge in [0.05, 0.1) is 10.6 Å². The maximum atomic E-state index is 11.6. The number of hydrogen-bond donors (Lipinski definition) is 1. The van der Waals surface area contributed by atoms with E-state index in [2.05, 4.69) is 13.8 Å². The topological polar surface area (TPSA) is 43.1 Å². The van der Waals surface area contributed by atoms with Gasteiger partial charge in [0.1, 0.15) is 0 Å². The molecule has 3 heteroatoms. The number of aryl methyl sites for hydroxylation is 1. The molecule has 15 heavy (non-hydrogen) atoms. The predicted octanol–water partition coefficient (Wildman–Crippen LogP) is 3.15. The van der Waals surface area contributed by atoms with Gasteiger partial charge >= 0.3 is 0 Å². The Bertz CT molecular complexity index is 418. The van der Waals surface area contributed by atoms with E-state index in [-0.39, 0.29) is 11.2 Å². The molecule has 1 aliphatic rings. The molecule has 1 heterocycles. The summed E-state index contributed by atoms with van der Waals surface area (Å²) >= 11 is 1.60. The molecule has 0 unspecified atom stereocenters. The first-order chi connectivity index (χ1) is 6.93. The number of rotatable bonds is 1. The van der Waals surface area contributed by atoms with Gasteiger partial charge in [-0.3, -0.25) is 4.79 Å². The number of nitrogen functional groups attached to an aromatic ring is 1. The van der Waals surface area contributed by atoms with Crippen LogP contribution in [0.4, 0.5) is 5.00 Å². The molecule has 2 rings (SSSR count). The average Bonchev–Trinajstić information content (AvgIpc) is 2.42. The lowest BCUT2D eigenvalue weighted by Crippen LogP contribution is -2.24. The highest BCUT2D eigenvalue weighted by atomic mass is 32.1. The third-order valence-corrected chi connectivity index (χ3v) is 4.32. The quantitative estimate of drug-likeness (QED) is 0.743. The Morgan fingerprint density at radius 3 is 2.73 bits per heavy atom. The lowest BCUT2D eigenvalue weighted by atomic mass is 9.73. The van der Waals surface area contributed by atoms with Crippen LogP contribution in [-0.4, -0.2) is 5.78 Å². The molecular formula is C12H17NOS. The van der Waals surface area contributed by atoms with Gasteiger partial charge in [-0.15, -0.1) is 11.3 Å². The molecule has 1 aromatic rings. The molecule has 0 saturated heterocycles. The maximum Gasteiger partial charge on any atom is 0.163 e. The van der Waals surface area contributed by atoms with Gasteiger partial charge in [0.25, 0.3) is 0 Å². The minimum absolute atomic E-state index is 0.111. The van der Waals surface area contributed by atoms with Crippen molar-refractivity contribution >= 4 is 22.1 Å². The standard InChI is InChI=1S/C12H17NOS/c1-7(14)9-10-8(15-11(9)13)5-4-6-12(10,2)3/h4-6,13H2,1-3H3. The number of Topliss-reactive ketones (excluding diaryl/α,β-unsaturated/α-hetero) is 1. The SMILES string of the molecule is CC(=O)c1c(N)sc2c1C(C)(C)CCC2. The van der Waals surface area contributed by atoms with Crippen molar-refractivity contribution in [3.63, 3.8) is 0 Å². The van der Waals surface area contributed by atoms with Crippen LogP contribution in [0.1, 0.15) is 54.4 Å². The highest BCUT2D eigenvalue weighted by molar-refractivity contribution is 7.16. The van der Waals surface area contributed by atoms with E-state index in [9.17, 15) is 4.79 Å². The molecule has 0 amide bonds. The van der Waals surface area contributed by atoms with Gasteiger partial charge in [0.2, 0.25) is 0 Å². The van der Waals surface area contributed by atoms with Crippen molar-refractivity contribution in [1.29, 1.82) is 0 Å². The summed E-state index contributed by atoms with van der Waals surface area (Å²) in [6.45, 7) is 6.04. The monoisotopic (exact) mass is 223 g/mol. The van der Waals surface area contributed by atoms with E-state index in [0.29, 0.717) is 5.00 Å². The number of ketones is 1. The van der Waals surface area contributed by atoms with Gasteiger partial charge in [-0.05, 0) is 37.2 Å². The van der Waals surface area contributed by atoms with Crippen molar-refractivity contribution in [3.05, 3.63) is 16.0 Å². The Kier molecular flexibility index (Phi) is 2.38. The van der Waals surface area contributed by atoms with E-state index in [0.717, 1.165) is 18.4 Å². The van der Waals surface area contributed by atoms with Crippen molar-refractivity contribution in [2.75, 3.05) is 5.73 Å². The Balaban J connectivity index is 2.67. The van der Waals surface area contributed by atoms with Crippen molar-refractivity contribution < 1.29 is 4.79 Å². The summed E-state index contributed by atoms with van der Waals surface area (Å²) in [5.41, 5.74) is 8.07. The third kappa shape index (κ3) is 1.59. The summed E-state index contributed by atoms with van der Waals surface area (Å²) < 4.78 is 0. The van der Waals surface area contributed by atoms with Gasteiger partial charge in [-0.2, -0.15) is 0 Å².